The van der Waals surface area contributed by atoms with Gasteiger partial charge in [0.25, 0.3) is 0 Å². The molecule has 1 atom stereocenters. The van der Waals surface area contributed by atoms with Gasteiger partial charge < -0.3 is 9.47 Å². The zero-order chi connectivity index (χ0) is 16.9. The number of hydrogen-bond donors (Lipinski definition) is 0. The molecule has 24 heavy (non-hydrogen) atoms. The molecule has 0 amide bonds. The zero-order valence-electron chi connectivity index (χ0n) is 14.0. The maximum Gasteiger partial charge on any atom is 0.316 e. The van der Waals surface area contributed by atoms with Crippen molar-refractivity contribution in [3.63, 3.8) is 0 Å². The molecule has 2 aromatic heterocycles. The molecule has 1 aliphatic carbocycles. The Kier molecular flexibility index (Phi) is 6.08. The third kappa shape index (κ3) is 4.07. The topological polar surface area (TPSA) is 61.3 Å². The number of esters is 1. The van der Waals surface area contributed by atoms with E-state index in [0.29, 0.717) is 19.8 Å². The SMILES string of the molecule is CCOCCOC(=O)CSc1ncnc2sc3c(c12)CC[C@H](C)C3. The molecule has 1 aliphatic rings. The molecule has 3 rings (SSSR count). The predicted molar refractivity (Wildman–Crippen MR) is 96.8 cm³/mol. The molecular formula is C17H22N2O3S2. The van der Waals surface area contributed by atoms with Crippen molar-refractivity contribution in [2.45, 2.75) is 38.1 Å². The molecule has 0 bridgehead atoms. The molecule has 0 spiro atoms. The summed E-state index contributed by atoms with van der Waals surface area (Å²) in [6, 6.07) is 0. The maximum atomic E-state index is 11.8. The number of nitrogens with zero attached hydrogens (tertiary/aromatic N) is 2. The summed E-state index contributed by atoms with van der Waals surface area (Å²) in [5.74, 6) is 0.762. The third-order valence-electron chi connectivity index (χ3n) is 4.08. The summed E-state index contributed by atoms with van der Waals surface area (Å²) in [6.45, 7) is 5.60. The van der Waals surface area contributed by atoms with Crippen molar-refractivity contribution in [2.75, 3.05) is 25.6 Å². The molecular weight excluding hydrogens is 344 g/mol. The van der Waals surface area contributed by atoms with E-state index in [4.69, 9.17) is 9.47 Å². The summed E-state index contributed by atoms with van der Waals surface area (Å²) in [7, 11) is 0. The van der Waals surface area contributed by atoms with E-state index in [2.05, 4.69) is 16.9 Å². The van der Waals surface area contributed by atoms with Gasteiger partial charge in [-0.1, -0.05) is 18.7 Å². The van der Waals surface area contributed by atoms with Gasteiger partial charge in [-0.15, -0.1) is 11.3 Å². The minimum Gasteiger partial charge on any atom is -0.463 e. The molecule has 0 radical (unpaired) electrons. The lowest BCUT2D eigenvalue weighted by atomic mass is 9.89. The van der Waals surface area contributed by atoms with E-state index in [0.717, 1.165) is 34.0 Å². The number of carbonyl (C=O) groups excluding carboxylic acids is 1. The molecule has 0 aromatic carbocycles. The lowest BCUT2D eigenvalue weighted by Crippen LogP contribution is -2.12. The molecule has 2 aromatic rings. The van der Waals surface area contributed by atoms with Crippen LogP contribution < -0.4 is 0 Å². The molecule has 130 valence electrons. The first-order valence-electron chi connectivity index (χ1n) is 8.30. The number of aryl methyl sites for hydroxylation is 1. The van der Waals surface area contributed by atoms with Crippen LogP contribution in [0.5, 0.6) is 0 Å². The van der Waals surface area contributed by atoms with Gasteiger partial charge in [0.15, 0.2) is 0 Å². The normalized spacial score (nSPS) is 17.0. The second-order valence-electron chi connectivity index (χ2n) is 5.92. The van der Waals surface area contributed by atoms with E-state index in [9.17, 15) is 4.79 Å². The van der Waals surface area contributed by atoms with Crippen molar-refractivity contribution < 1.29 is 14.3 Å². The molecule has 0 aliphatic heterocycles. The van der Waals surface area contributed by atoms with Gasteiger partial charge in [-0.3, -0.25) is 4.79 Å². The summed E-state index contributed by atoms with van der Waals surface area (Å²) in [6.07, 6.45) is 5.00. The summed E-state index contributed by atoms with van der Waals surface area (Å²) in [5, 5.41) is 2.05. The van der Waals surface area contributed by atoms with Crippen LogP contribution in [0, 0.1) is 5.92 Å². The first-order valence-corrected chi connectivity index (χ1v) is 10.1. The number of aromatic nitrogens is 2. The lowest BCUT2D eigenvalue weighted by molar-refractivity contribution is -0.141. The van der Waals surface area contributed by atoms with Crippen molar-refractivity contribution in [2.24, 2.45) is 5.92 Å². The van der Waals surface area contributed by atoms with Crippen molar-refractivity contribution in [3.8, 4) is 0 Å². The first-order chi connectivity index (χ1) is 11.7. The molecule has 0 fully saturated rings. The van der Waals surface area contributed by atoms with Gasteiger partial charge in [0, 0.05) is 16.9 Å². The Morgan fingerprint density at radius 3 is 3.12 bits per heavy atom. The largest absolute Gasteiger partial charge is 0.463 e. The highest BCUT2D eigenvalue weighted by atomic mass is 32.2. The fourth-order valence-corrected chi connectivity index (χ4v) is 5.12. The van der Waals surface area contributed by atoms with Crippen molar-refractivity contribution in [3.05, 3.63) is 16.8 Å². The second-order valence-corrected chi connectivity index (χ2v) is 7.96. The number of thiophene rings is 1. The maximum absolute atomic E-state index is 11.8. The monoisotopic (exact) mass is 366 g/mol. The van der Waals surface area contributed by atoms with Crippen molar-refractivity contribution in [1.82, 2.24) is 9.97 Å². The highest BCUT2D eigenvalue weighted by Gasteiger charge is 2.23. The van der Waals surface area contributed by atoms with Gasteiger partial charge in [0.2, 0.25) is 0 Å². The molecule has 0 saturated heterocycles. The molecule has 2 heterocycles. The van der Waals surface area contributed by atoms with E-state index in [1.165, 1.54) is 28.6 Å². The Morgan fingerprint density at radius 1 is 1.42 bits per heavy atom. The Morgan fingerprint density at radius 2 is 2.29 bits per heavy atom. The Bertz CT molecular complexity index is 717. The van der Waals surface area contributed by atoms with Crippen molar-refractivity contribution in [1.29, 1.82) is 0 Å². The van der Waals surface area contributed by atoms with Crippen LogP contribution >= 0.6 is 23.1 Å². The van der Waals surface area contributed by atoms with E-state index in [1.54, 1.807) is 17.7 Å². The van der Waals surface area contributed by atoms with E-state index >= 15 is 0 Å². The molecule has 0 unspecified atom stereocenters. The first kappa shape index (κ1) is 17.6. The minimum atomic E-state index is -0.232. The highest BCUT2D eigenvalue weighted by Crippen LogP contribution is 2.40. The number of thioether (sulfide) groups is 1. The van der Waals surface area contributed by atoms with Crippen LogP contribution in [-0.2, 0) is 27.1 Å². The average molecular weight is 367 g/mol. The van der Waals surface area contributed by atoms with Crippen LogP contribution in [0.4, 0.5) is 0 Å². The predicted octanol–water partition coefficient (Wildman–Crippen LogP) is 3.49. The summed E-state index contributed by atoms with van der Waals surface area (Å²) < 4.78 is 10.3. The number of rotatable bonds is 7. The summed E-state index contributed by atoms with van der Waals surface area (Å²) in [5.41, 5.74) is 1.39. The molecule has 7 heteroatoms. The fraction of sp³-hybridized carbons (Fsp3) is 0.588. The lowest BCUT2D eigenvalue weighted by Gasteiger charge is -2.18. The van der Waals surface area contributed by atoms with Gasteiger partial charge in [-0.05, 0) is 37.7 Å². The second kappa shape index (κ2) is 8.27. The molecule has 0 saturated carbocycles. The molecule has 0 N–H and O–H groups in total. The average Bonchev–Trinajstić information content (AvgIpc) is 2.94. The molecule has 5 nitrogen and oxygen atoms in total. The number of ether oxygens (including phenoxy) is 2. The van der Waals surface area contributed by atoms with Crippen LogP contribution in [0.15, 0.2) is 11.4 Å². The van der Waals surface area contributed by atoms with E-state index in [1.807, 2.05) is 6.92 Å². The number of hydrogen-bond acceptors (Lipinski definition) is 7. The van der Waals surface area contributed by atoms with Gasteiger partial charge >= 0.3 is 5.97 Å². The van der Waals surface area contributed by atoms with Crippen LogP contribution in [0.25, 0.3) is 10.2 Å². The number of fused-ring (bicyclic) bond motifs is 3. The quantitative estimate of drug-likeness (QED) is 0.323. The standard InChI is InChI=1S/C17H22N2O3S2/c1-3-21-6-7-22-14(20)9-23-16-15-12-5-4-11(2)8-13(12)24-17(15)19-10-18-16/h10-11H,3-9H2,1-2H3/t11-/m0/s1. The summed E-state index contributed by atoms with van der Waals surface area (Å²) >= 11 is 3.21. The van der Waals surface area contributed by atoms with Gasteiger partial charge in [-0.2, -0.15) is 0 Å². The van der Waals surface area contributed by atoms with Crippen LogP contribution in [0.3, 0.4) is 0 Å². The van der Waals surface area contributed by atoms with Gasteiger partial charge in [-0.25, -0.2) is 9.97 Å². The fourth-order valence-electron chi connectivity index (χ4n) is 2.88. The third-order valence-corrected chi connectivity index (χ3v) is 6.20. The van der Waals surface area contributed by atoms with Crippen LogP contribution in [-0.4, -0.2) is 41.5 Å². The van der Waals surface area contributed by atoms with E-state index in [-0.39, 0.29) is 11.7 Å². The minimum absolute atomic E-state index is 0.232. The van der Waals surface area contributed by atoms with Gasteiger partial charge in [0.05, 0.1) is 12.4 Å². The van der Waals surface area contributed by atoms with E-state index < -0.39 is 0 Å². The Labute approximate surface area is 150 Å². The summed E-state index contributed by atoms with van der Waals surface area (Å²) in [4.78, 5) is 23.2. The number of carbonyl (C=O) groups is 1. The van der Waals surface area contributed by atoms with Crippen LogP contribution in [0.1, 0.15) is 30.7 Å². The van der Waals surface area contributed by atoms with Gasteiger partial charge in [0.1, 0.15) is 22.8 Å². The van der Waals surface area contributed by atoms with Crippen molar-refractivity contribution >= 4 is 39.3 Å². The smallest absolute Gasteiger partial charge is 0.316 e. The highest BCUT2D eigenvalue weighted by molar-refractivity contribution is 8.00. The van der Waals surface area contributed by atoms with Crippen LogP contribution in [0.2, 0.25) is 0 Å². The zero-order valence-corrected chi connectivity index (χ0v) is 15.7. The Hall–Kier alpha value is -1.18. The Balaban J connectivity index is 1.68.